The van der Waals surface area contributed by atoms with Gasteiger partial charge in [-0.05, 0) is 49.3 Å². The number of benzene rings is 1. The number of aryl methyl sites for hydroxylation is 1. The zero-order valence-electron chi connectivity index (χ0n) is 13.5. The van der Waals surface area contributed by atoms with Gasteiger partial charge in [0.15, 0.2) is 0 Å². The fourth-order valence-corrected chi connectivity index (χ4v) is 4.10. The highest BCUT2D eigenvalue weighted by molar-refractivity contribution is 5.51. The molecule has 1 aliphatic rings. The van der Waals surface area contributed by atoms with Crippen molar-refractivity contribution in [1.29, 1.82) is 0 Å². The minimum Gasteiger partial charge on any atom is -0.367 e. The highest BCUT2D eigenvalue weighted by Gasteiger charge is 2.44. The molecule has 1 aliphatic carbocycles. The van der Waals surface area contributed by atoms with Crippen molar-refractivity contribution in [2.75, 3.05) is 18.5 Å². The summed E-state index contributed by atoms with van der Waals surface area (Å²) in [6.07, 6.45) is 5.19. The molecule has 1 fully saturated rings. The summed E-state index contributed by atoms with van der Waals surface area (Å²) in [4.78, 5) is 2.48. The van der Waals surface area contributed by atoms with Crippen molar-refractivity contribution in [3.05, 3.63) is 29.8 Å². The summed E-state index contributed by atoms with van der Waals surface area (Å²) >= 11 is 0. The summed E-state index contributed by atoms with van der Waals surface area (Å²) in [5, 5.41) is 0. The second kappa shape index (κ2) is 6.17. The van der Waals surface area contributed by atoms with Crippen LogP contribution in [0.2, 0.25) is 0 Å². The monoisotopic (exact) mass is 274 g/mol. The van der Waals surface area contributed by atoms with Gasteiger partial charge in [-0.25, -0.2) is 0 Å². The van der Waals surface area contributed by atoms with Crippen molar-refractivity contribution in [1.82, 2.24) is 0 Å². The summed E-state index contributed by atoms with van der Waals surface area (Å²) in [6.45, 7) is 7.61. The fourth-order valence-electron chi connectivity index (χ4n) is 4.10. The van der Waals surface area contributed by atoms with E-state index in [2.05, 4.69) is 57.0 Å². The molecule has 0 spiro atoms. The predicted octanol–water partition coefficient (Wildman–Crippen LogP) is 3.97. The van der Waals surface area contributed by atoms with Crippen LogP contribution in [-0.2, 0) is 0 Å². The predicted molar refractivity (Wildman–Crippen MR) is 88.2 cm³/mol. The second-order valence-electron chi connectivity index (χ2n) is 6.80. The first kappa shape index (κ1) is 15.4. The van der Waals surface area contributed by atoms with Crippen LogP contribution in [-0.4, -0.2) is 19.1 Å². The average Bonchev–Trinajstić information content (AvgIpc) is 2.46. The Morgan fingerprint density at radius 3 is 2.70 bits per heavy atom. The first-order chi connectivity index (χ1) is 9.51. The Bertz CT molecular complexity index is 441. The average molecular weight is 274 g/mol. The molecular formula is C18H30N2. The first-order valence-electron chi connectivity index (χ1n) is 8.02. The van der Waals surface area contributed by atoms with Crippen LogP contribution in [0.1, 0.15) is 45.1 Å². The Balaban J connectivity index is 2.37. The quantitative estimate of drug-likeness (QED) is 0.900. The van der Waals surface area contributed by atoms with E-state index in [4.69, 9.17) is 5.73 Å². The molecule has 2 unspecified atom stereocenters. The third-order valence-electron chi connectivity index (χ3n) is 5.28. The molecule has 0 amide bonds. The van der Waals surface area contributed by atoms with E-state index >= 15 is 0 Å². The van der Waals surface area contributed by atoms with E-state index in [1.54, 1.807) is 0 Å². The van der Waals surface area contributed by atoms with Crippen molar-refractivity contribution in [3.63, 3.8) is 0 Å². The van der Waals surface area contributed by atoms with Gasteiger partial charge in [0.05, 0.1) is 5.54 Å². The largest absolute Gasteiger partial charge is 0.367 e. The lowest BCUT2D eigenvalue weighted by Gasteiger charge is -2.52. The van der Waals surface area contributed by atoms with Crippen molar-refractivity contribution in [2.24, 2.45) is 17.6 Å². The number of rotatable bonds is 4. The number of likely N-dealkylation sites (N-methyl/N-ethyl adjacent to an activating group) is 1. The maximum Gasteiger partial charge on any atom is 0.0551 e. The van der Waals surface area contributed by atoms with Crippen LogP contribution in [0.15, 0.2) is 24.3 Å². The number of nitrogens with two attached hydrogens (primary N) is 1. The fraction of sp³-hybridized carbons (Fsp3) is 0.667. The molecule has 0 saturated heterocycles. The van der Waals surface area contributed by atoms with Crippen molar-refractivity contribution in [3.8, 4) is 0 Å². The van der Waals surface area contributed by atoms with Crippen LogP contribution in [0, 0.1) is 18.8 Å². The number of anilines is 1. The molecule has 2 atom stereocenters. The van der Waals surface area contributed by atoms with Gasteiger partial charge < -0.3 is 10.6 Å². The van der Waals surface area contributed by atoms with Crippen LogP contribution in [0.3, 0.4) is 0 Å². The van der Waals surface area contributed by atoms with Gasteiger partial charge in [-0.3, -0.25) is 0 Å². The lowest BCUT2D eigenvalue weighted by Crippen LogP contribution is -2.60. The molecule has 2 N–H and O–H groups in total. The maximum absolute atomic E-state index is 6.30. The SMILES string of the molecule is Cc1cccc(N(C)C2(CN)CCCCC2C(C)C)c1. The van der Waals surface area contributed by atoms with Gasteiger partial charge in [-0.15, -0.1) is 0 Å². The molecule has 1 aromatic carbocycles. The van der Waals surface area contributed by atoms with E-state index in [-0.39, 0.29) is 5.54 Å². The van der Waals surface area contributed by atoms with Crippen molar-refractivity contribution in [2.45, 2.75) is 52.0 Å². The first-order valence-corrected chi connectivity index (χ1v) is 8.02. The zero-order chi connectivity index (χ0) is 14.8. The molecule has 2 nitrogen and oxygen atoms in total. The summed E-state index contributed by atoms with van der Waals surface area (Å²) < 4.78 is 0. The van der Waals surface area contributed by atoms with E-state index in [9.17, 15) is 0 Å². The van der Waals surface area contributed by atoms with Gasteiger partial charge in [-0.2, -0.15) is 0 Å². The highest BCUT2D eigenvalue weighted by atomic mass is 15.2. The van der Waals surface area contributed by atoms with Gasteiger partial charge in [0, 0.05) is 19.3 Å². The van der Waals surface area contributed by atoms with E-state index in [1.165, 1.54) is 36.9 Å². The van der Waals surface area contributed by atoms with Crippen LogP contribution in [0.5, 0.6) is 0 Å². The molecule has 0 heterocycles. The Kier molecular flexibility index (Phi) is 4.74. The Morgan fingerprint density at radius 1 is 1.35 bits per heavy atom. The summed E-state index contributed by atoms with van der Waals surface area (Å²) in [5.41, 5.74) is 9.05. The molecule has 2 heteroatoms. The summed E-state index contributed by atoms with van der Waals surface area (Å²) in [5.74, 6) is 1.37. The van der Waals surface area contributed by atoms with E-state index in [0.717, 1.165) is 6.54 Å². The number of hydrogen-bond acceptors (Lipinski definition) is 2. The molecule has 0 aromatic heterocycles. The number of nitrogens with zero attached hydrogens (tertiary/aromatic N) is 1. The molecule has 20 heavy (non-hydrogen) atoms. The van der Waals surface area contributed by atoms with Gasteiger partial charge >= 0.3 is 0 Å². The summed E-state index contributed by atoms with van der Waals surface area (Å²) in [7, 11) is 2.24. The topological polar surface area (TPSA) is 29.3 Å². The van der Waals surface area contributed by atoms with Crippen LogP contribution >= 0.6 is 0 Å². The molecule has 0 radical (unpaired) electrons. The minimum absolute atomic E-state index is 0.125. The molecule has 2 rings (SSSR count). The van der Waals surface area contributed by atoms with Crippen molar-refractivity contribution >= 4 is 5.69 Å². The van der Waals surface area contributed by atoms with Gasteiger partial charge in [0.2, 0.25) is 0 Å². The third kappa shape index (κ3) is 2.71. The highest BCUT2D eigenvalue weighted by Crippen LogP contribution is 2.43. The Morgan fingerprint density at radius 2 is 2.10 bits per heavy atom. The molecule has 1 saturated carbocycles. The van der Waals surface area contributed by atoms with E-state index < -0.39 is 0 Å². The van der Waals surface area contributed by atoms with Gasteiger partial charge in [0.1, 0.15) is 0 Å². The van der Waals surface area contributed by atoms with E-state index in [1.807, 2.05) is 0 Å². The minimum atomic E-state index is 0.125. The standard InChI is InChI=1S/C18H30N2/c1-14(2)17-10-5-6-11-18(17,13-19)20(4)16-9-7-8-15(3)12-16/h7-9,12,14,17H,5-6,10-11,13,19H2,1-4H3. The van der Waals surface area contributed by atoms with Crippen LogP contribution in [0.25, 0.3) is 0 Å². The number of hydrogen-bond donors (Lipinski definition) is 1. The Hall–Kier alpha value is -1.02. The zero-order valence-corrected chi connectivity index (χ0v) is 13.5. The smallest absolute Gasteiger partial charge is 0.0551 e. The molecule has 1 aromatic rings. The van der Waals surface area contributed by atoms with Gasteiger partial charge in [-0.1, -0.05) is 38.8 Å². The van der Waals surface area contributed by atoms with Crippen molar-refractivity contribution < 1.29 is 0 Å². The van der Waals surface area contributed by atoms with Crippen LogP contribution in [0.4, 0.5) is 5.69 Å². The lowest BCUT2D eigenvalue weighted by molar-refractivity contribution is 0.142. The lowest BCUT2D eigenvalue weighted by atomic mass is 9.67. The molecular weight excluding hydrogens is 244 g/mol. The summed E-state index contributed by atoms with van der Waals surface area (Å²) in [6, 6.07) is 8.81. The van der Waals surface area contributed by atoms with E-state index in [0.29, 0.717) is 11.8 Å². The second-order valence-corrected chi connectivity index (χ2v) is 6.80. The third-order valence-corrected chi connectivity index (χ3v) is 5.28. The molecule has 112 valence electrons. The van der Waals surface area contributed by atoms with Crippen LogP contribution < -0.4 is 10.6 Å². The molecule has 0 aliphatic heterocycles. The normalized spacial score (nSPS) is 26.8. The van der Waals surface area contributed by atoms with Gasteiger partial charge in [0.25, 0.3) is 0 Å². The molecule has 0 bridgehead atoms. The Labute approximate surface area is 124 Å². The maximum atomic E-state index is 6.30.